The van der Waals surface area contributed by atoms with E-state index in [0.29, 0.717) is 11.4 Å². The first-order valence-electron chi connectivity index (χ1n) is 7.02. The third-order valence-corrected chi connectivity index (χ3v) is 4.46. The van der Waals surface area contributed by atoms with Gasteiger partial charge in [0.1, 0.15) is 10.6 Å². The van der Waals surface area contributed by atoms with Crippen molar-refractivity contribution in [3.05, 3.63) is 45.9 Å². The van der Waals surface area contributed by atoms with Crippen LogP contribution in [0.3, 0.4) is 0 Å². The molecule has 0 bridgehead atoms. The average Bonchev–Trinajstić information content (AvgIpc) is 2.93. The molecule has 1 aromatic carbocycles. The highest BCUT2D eigenvalue weighted by atomic mass is 32.1. The van der Waals surface area contributed by atoms with Gasteiger partial charge in [-0.05, 0) is 27.1 Å². The molecular formula is C16H21N3O2S. The van der Waals surface area contributed by atoms with Gasteiger partial charge in [0.15, 0.2) is 0 Å². The smallest absolute Gasteiger partial charge is 0.263 e. The van der Waals surface area contributed by atoms with Crippen LogP contribution in [0.2, 0.25) is 0 Å². The number of para-hydroxylation sites is 1. The topological polar surface area (TPSA) is 54.5 Å². The molecule has 1 amide bonds. The molecule has 1 aromatic heterocycles. The molecule has 1 heterocycles. The van der Waals surface area contributed by atoms with Crippen molar-refractivity contribution in [2.45, 2.75) is 13.0 Å². The summed E-state index contributed by atoms with van der Waals surface area (Å²) in [6.07, 6.45) is 0. The highest BCUT2D eigenvalue weighted by Crippen LogP contribution is 2.27. The Bertz CT molecular complexity index is 640. The van der Waals surface area contributed by atoms with E-state index in [1.54, 1.807) is 12.6 Å². The summed E-state index contributed by atoms with van der Waals surface area (Å²) in [4.78, 5) is 19.1. The van der Waals surface area contributed by atoms with E-state index in [9.17, 15) is 4.79 Å². The molecule has 0 radical (unpaired) electrons. The van der Waals surface area contributed by atoms with Crippen LogP contribution in [0.25, 0.3) is 0 Å². The first kappa shape index (κ1) is 16.5. The van der Waals surface area contributed by atoms with Crippen LogP contribution in [0.15, 0.2) is 29.8 Å². The van der Waals surface area contributed by atoms with Crippen LogP contribution >= 0.6 is 11.3 Å². The number of hydrogen-bond donors (Lipinski definition) is 1. The summed E-state index contributed by atoms with van der Waals surface area (Å²) >= 11 is 1.36. The predicted octanol–water partition coefficient (Wildman–Crippen LogP) is 2.49. The Balaban J connectivity index is 2.13. The van der Waals surface area contributed by atoms with E-state index in [0.717, 1.165) is 17.0 Å². The van der Waals surface area contributed by atoms with Crippen molar-refractivity contribution in [3.8, 4) is 5.75 Å². The van der Waals surface area contributed by atoms with Crippen LogP contribution in [0.4, 0.5) is 0 Å². The van der Waals surface area contributed by atoms with Gasteiger partial charge in [-0.3, -0.25) is 4.79 Å². The fourth-order valence-electron chi connectivity index (χ4n) is 2.30. The van der Waals surface area contributed by atoms with Crippen molar-refractivity contribution in [1.29, 1.82) is 0 Å². The number of rotatable bonds is 6. The van der Waals surface area contributed by atoms with Gasteiger partial charge in [0, 0.05) is 12.1 Å². The Labute approximate surface area is 134 Å². The molecule has 6 heteroatoms. The van der Waals surface area contributed by atoms with Gasteiger partial charge in [0.2, 0.25) is 0 Å². The molecule has 0 spiro atoms. The second kappa shape index (κ2) is 7.38. The highest BCUT2D eigenvalue weighted by Gasteiger charge is 2.20. The number of thiazole rings is 1. The number of aryl methyl sites for hydroxylation is 1. The van der Waals surface area contributed by atoms with Crippen molar-refractivity contribution >= 4 is 17.2 Å². The largest absolute Gasteiger partial charge is 0.496 e. The quantitative estimate of drug-likeness (QED) is 0.889. The van der Waals surface area contributed by atoms with E-state index in [-0.39, 0.29) is 11.9 Å². The highest BCUT2D eigenvalue weighted by molar-refractivity contribution is 7.11. The minimum absolute atomic E-state index is 0.0355. The van der Waals surface area contributed by atoms with E-state index >= 15 is 0 Å². The first-order chi connectivity index (χ1) is 10.5. The summed E-state index contributed by atoms with van der Waals surface area (Å²) in [7, 11) is 5.63. The molecule has 0 fully saturated rings. The molecule has 5 nitrogen and oxygen atoms in total. The SMILES string of the molecule is COc1ccccc1[C@H](CNC(=O)c1scnc1C)N(C)C. The zero-order chi connectivity index (χ0) is 16.1. The number of ether oxygens (including phenoxy) is 1. The summed E-state index contributed by atoms with van der Waals surface area (Å²) in [5.74, 6) is 0.742. The maximum absolute atomic E-state index is 12.2. The van der Waals surface area contributed by atoms with Crippen molar-refractivity contribution in [2.75, 3.05) is 27.7 Å². The molecule has 2 rings (SSSR count). The molecule has 0 aliphatic heterocycles. The normalized spacial score (nSPS) is 12.2. The van der Waals surface area contributed by atoms with Crippen molar-refractivity contribution < 1.29 is 9.53 Å². The molecule has 1 atom stereocenters. The average molecular weight is 319 g/mol. The Morgan fingerprint density at radius 1 is 1.41 bits per heavy atom. The second-order valence-corrected chi connectivity index (χ2v) is 6.05. The maximum Gasteiger partial charge on any atom is 0.263 e. The molecule has 22 heavy (non-hydrogen) atoms. The van der Waals surface area contributed by atoms with Gasteiger partial charge < -0.3 is 15.0 Å². The Kier molecular flexibility index (Phi) is 5.51. The number of nitrogens with one attached hydrogen (secondary N) is 1. The van der Waals surface area contributed by atoms with Crippen LogP contribution in [0, 0.1) is 6.92 Å². The summed E-state index contributed by atoms with van der Waals surface area (Å²) in [6.45, 7) is 2.35. The summed E-state index contributed by atoms with van der Waals surface area (Å²) in [5, 5.41) is 2.99. The molecule has 0 aliphatic rings. The van der Waals surface area contributed by atoms with Crippen LogP contribution in [0.1, 0.15) is 27.0 Å². The lowest BCUT2D eigenvalue weighted by Gasteiger charge is -2.26. The Morgan fingerprint density at radius 3 is 2.73 bits per heavy atom. The summed E-state index contributed by atoms with van der Waals surface area (Å²) in [6, 6.07) is 7.90. The number of carbonyl (C=O) groups is 1. The number of methoxy groups -OCH3 is 1. The van der Waals surface area contributed by atoms with Crippen LogP contribution in [-0.4, -0.2) is 43.5 Å². The number of likely N-dealkylation sites (N-methyl/N-ethyl adjacent to an activating group) is 1. The summed E-state index contributed by atoms with van der Waals surface area (Å²) in [5.41, 5.74) is 3.51. The van der Waals surface area contributed by atoms with Crippen molar-refractivity contribution in [3.63, 3.8) is 0 Å². The molecule has 0 saturated carbocycles. The monoisotopic (exact) mass is 319 g/mol. The number of amides is 1. The third kappa shape index (κ3) is 3.64. The molecule has 0 saturated heterocycles. The number of benzene rings is 1. The lowest BCUT2D eigenvalue weighted by atomic mass is 10.0. The predicted molar refractivity (Wildman–Crippen MR) is 88.6 cm³/mol. The van der Waals surface area contributed by atoms with E-state index < -0.39 is 0 Å². The zero-order valence-electron chi connectivity index (χ0n) is 13.3. The molecule has 1 N–H and O–H groups in total. The van der Waals surface area contributed by atoms with E-state index in [1.165, 1.54) is 11.3 Å². The van der Waals surface area contributed by atoms with Crippen molar-refractivity contribution in [1.82, 2.24) is 15.2 Å². The zero-order valence-corrected chi connectivity index (χ0v) is 14.1. The summed E-state index contributed by atoms with van der Waals surface area (Å²) < 4.78 is 5.43. The van der Waals surface area contributed by atoms with E-state index in [2.05, 4.69) is 15.2 Å². The molecule has 0 aliphatic carbocycles. The van der Waals surface area contributed by atoms with Crippen LogP contribution in [-0.2, 0) is 0 Å². The number of nitrogens with zero attached hydrogens (tertiary/aromatic N) is 2. The van der Waals surface area contributed by atoms with Crippen LogP contribution < -0.4 is 10.1 Å². The maximum atomic E-state index is 12.2. The Hall–Kier alpha value is -1.92. The minimum Gasteiger partial charge on any atom is -0.496 e. The van der Waals surface area contributed by atoms with Gasteiger partial charge in [-0.15, -0.1) is 11.3 Å². The second-order valence-electron chi connectivity index (χ2n) is 5.20. The van der Waals surface area contributed by atoms with Gasteiger partial charge >= 0.3 is 0 Å². The van der Waals surface area contributed by atoms with Crippen LogP contribution in [0.5, 0.6) is 5.75 Å². The van der Waals surface area contributed by atoms with Gasteiger partial charge in [-0.1, -0.05) is 18.2 Å². The first-order valence-corrected chi connectivity index (χ1v) is 7.90. The third-order valence-electron chi connectivity index (χ3n) is 3.53. The van der Waals surface area contributed by atoms with Gasteiger partial charge in [0.05, 0.1) is 24.4 Å². The van der Waals surface area contributed by atoms with E-state index in [4.69, 9.17) is 4.74 Å². The standard InChI is InChI=1S/C16H21N3O2S/c1-11-15(22-10-18-11)16(20)17-9-13(19(2)3)12-7-5-6-8-14(12)21-4/h5-8,10,13H,9H2,1-4H3,(H,17,20)/t13-/m0/s1. The number of hydrogen-bond acceptors (Lipinski definition) is 5. The number of carbonyl (C=O) groups excluding carboxylic acids is 1. The Morgan fingerprint density at radius 2 is 2.14 bits per heavy atom. The fourth-order valence-corrected chi connectivity index (χ4v) is 3.02. The van der Waals surface area contributed by atoms with Gasteiger partial charge in [-0.2, -0.15) is 0 Å². The lowest BCUT2D eigenvalue weighted by Crippen LogP contribution is -2.34. The fraction of sp³-hybridized carbons (Fsp3) is 0.375. The molecular weight excluding hydrogens is 298 g/mol. The lowest BCUT2D eigenvalue weighted by molar-refractivity contribution is 0.0944. The molecule has 0 unspecified atom stereocenters. The van der Waals surface area contributed by atoms with Gasteiger partial charge in [0.25, 0.3) is 5.91 Å². The van der Waals surface area contributed by atoms with E-state index in [1.807, 2.05) is 45.3 Å². The molecule has 118 valence electrons. The number of aromatic nitrogens is 1. The van der Waals surface area contributed by atoms with Gasteiger partial charge in [-0.25, -0.2) is 4.98 Å². The molecule has 2 aromatic rings. The minimum atomic E-state index is -0.0817. The van der Waals surface area contributed by atoms with Crippen molar-refractivity contribution in [2.24, 2.45) is 0 Å².